The molecule has 1 fully saturated rings. The van der Waals surface area contributed by atoms with E-state index in [1.165, 1.54) is 4.57 Å². The summed E-state index contributed by atoms with van der Waals surface area (Å²) in [5.74, 6) is -4.03. The Labute approximate surface area is 193 Å². The van der Waals surface area contributed by atoms with Crippen LogP contribution in [-0.2, 0) is 6.42 Å². The van der Waals surface area contributed by atoms with Crippen LogP contribution in [0.3, 0.4) is 0 Å². The van der Waals surface area contributed by atoms with E-state index in [2.05, 4.69) is 0 Å². The van der Waals surface area contributed by atoms with Gasteiger partial charge >= 0.3 is 5.97 Å². The number of aliphatic hydroxyl groups is 1. The van der Waals surface area contributed by atoms with Gasteiger partial charge in [-0.25, -0.2) is 18.0 Å². The maximum Gasteiger partial charge on any atom is 0.341 e. The molecule has 1 saturated heterocycles. The monoisotopic (exact) mass is 474 g/mol. The molecule has 6 nitrogen and oxygen atoms in total. The molecule has 34 heavy (non-hydrogen) atoms. The fourth-order valence-corrected chi connectivity index (χ4v) is 4.76. The van der Waals surface area contributed by atoms with Gasteiger partial charge in [0.25, 0.3) is 0 Å². The summed E-state index contributed by atoms with van der Waals surface area (Å²) < 4.78 is 45.1. The van der Waals surface area contributed by atoms with E-state index in [0.29, 0.717) is 31.1 Å². The van der Waals surface area contributed by atoms with E-state index in [1.54, 1.807) is 11.8 Å². The first-order valence-corrected chi connectivity index (χ1v) is 11.0. The largest absolute Gasteiger partial charge is 0.477 e. The van der Waals surface area contributed by atoms with Gasteiger partial charge in [-0.2, -0.15) is 0 Å². The normalized spacial score (nSPS) is 17.9. The molecule has 2 heterocycles. The van der Waals surface area contributed by atoms with Crippen molar-refractivity contribution in [2.75, 3.05) is 18.0 Å². The Morgan fingerprint density at radius 1 is 1.18 bits per heavy atom. The lowest BCUT2D eigenvalue weighted by Gasteiger charge is -2.43. The molecule has 0 spiro atoms. The van der Waals surface area contributed by atoms with Gasteiger partial charge in [-0.15, -0.1) is 0 Å². The molecular weight excluding hydrogens is 449 g/mol. The van der Waals surface area contributed by atoms with E-state index < -0.39 is 45.9 Å². The molecular formula is C25H25F3N2O4. The minimum atomic E-state index is -1.54. The second-order valence-electron chi connectivity index (χ2n) is 9.29. The van der Waals surface area contributed by atoms with E-state index in [-0.39, 0.29) is 28.7 Å². The lowest BCUT2D eigenvalue weighted by Crippen LogP contribution is -2.49. The molecule has 180 valence electrons. The van der Waals surface area contributed by atoms with Crippen LogP contribution in [0.1, 0.15) is 43.1 Å². The van der Waals surface area contributed by atoms with Gasteiger partial charge in [0.15, 0.2) is 0 Å². The van der Waals surface area contributed by atoms with E-state index >= 15 is 4.39 Å². The zero-order valence-electron chi connectivity index (χ0n) is 19.0. The highest BCUT2D eigenvalue weighted by Gasteiger charge is 2.36. The summed E-state index contributed by atoms with van der Waals surface area (Å²) in [6.45, 7) is 6.20. The number of aliphatic hydroxyl groups excluding tert-OH is 1. The SMILES string of the molecule is CCc1c(N2CCC(O)C(C)(C)C2)c(F)cc2c(=O)c(C(=O)O)cn(-c3ccc(F)cc3F)c12. The number of carboxylic acids is 1. The van der Waals surface area contributed by atoms with Crippen LogP contribution in [-0.4, -0.2) is 39.9 Å². The standard InChI is InChI=1S/C25H25F3N2O4/c1-4-14-21-15(10-18(28)22(14)29-8-7-20(31)25(2,3)12-29)23(32)16(24(33)34)11-30(21)19-6-5-13(26)9-17(19)27/h5-6,9-11,20,31H,4,7-8,12H2,1-3H3,(H,33,34). The van der Waals surface area contributed by atoms with Gasteiger partial charge in [-0.05, 0) is 31.0 Å². The minimum absolute atomic E-state index is 0.156. The molecule has 0 aliphatic carbocycles. The number of piperidine rings is 1. The summed E-state index contributed by atoms with van der Waals surface area (Å²) in [6.07, 6.45) is 1.08. The molecule has 1 aliphatic heterocycles. The smallest absolute Gasteiger partial charge is 0.341 e. The molecule has 1 atom stereocenters. The molecule has 0 bridgehead atoms. The molecule has 0 amide bonds. The van der Waals surface area contributed by atoms with Crippen LogP contribution in [0.2, 0.25) is 0 Å². The predicted octanol–water partition coefficient (Wildman–Crippen LogP) is 4.27. The number of fused-ring (bicyclic) bond motifs is 1. The van der Waals surface area contributed by atoms with Crippen molar-refractivity contribution in [3.8, 4) is 5.69 Å². The van der Waals surface area contributed by atoms with Gasteiger partial charge in [0.1, 0.15) is 23.0 Å². The number of hydrogen-bond acceptors (Lipinski definition) is 4. The third-order valence-corrected chi connectivity index (χ3v) is 6.55. The maximum absolute atomic E-state index is 15.6. The van der Waals surface area contributed by atoms with E-state index in [9.17, 15) is 28.6 Å². The van der Waals surface area contributed by atoms with Gasteiger partial charge in [-0.1, -0.05) is 20.8 Å². The maximum atomic E-state index is 15.6. The van der Waals surface area contributed by atoms with Crippen molar-refractivity contribution in [1.82, 2.24) is 4.57 Å². The number of nitrogens with zero attached hydrogens (tertiary/aromatic N) is 2. The number of hydrogen-bond donors (Lipinski definition) is 2. The molecule has 9 heteroatoms. The number of rotatable bonds is 4. The van der Waals surface area contributed by atoms with Crippen molar-refractivity contribution in [3.63, 3.8) is 0 Å². The fourth-order valence-electron chi connectivity index (χ4n) is 4.76. The van der Waals surface area contributed by atoms with Gasteiger partial charge in [0.2, 0.25) is 5.43 Å². The second-order valence-corrected chi connectivity index (χ2v) is 9.29. The van der Waals surface area contributed by atoms with Crippen molar-refractivity contribution in [3.05, 3.63) is 69.3 Å². The van der Waals surface area contributed by atoms with Gasteiger partial charge in [0.05, 0.1) is 28.4 Å². The fraction of sp³-hybridized carbons (Fsp3) is 0.360. The number of carbonyl (C=O) groups is 1. The highest BCUT2D eigenvalue weighted by atomic mass is 19.1. The molecule has 3 aromatic rings. The van der Waals surface area contributed by atoms with Crippen molar-refractivity contribution >= 4 is 22.6 Å². The molecule has 1 aliphatic rings. The first-order valence-electron chi connectivity index (χ1n) is 11.0. The summed E-state index contributed by atoms with van der Waals surface area (Å²) in [5.41, 5.74) is -1.49. The number of anilines is 1. The molecule has 4 rings (SSSR count). The van der Waals surface area contributed by atoms with Crippen molar-refractivity contribution in [1.29, 1.82) is 0 Å². The number of halogens is 3. The summed E-state index contributed by atoms with van der Waals surface area (Å²) in [5, 5.41) is 19.7. The lowest BCUT2D eigenvalue weighted by molar-refractivity contribution is 0.0334. The highest BCUT2D eigenvalue weighted by Crippen LogP contribution is 2.38. The Hall–Kier alpha value is -3.33. The quantitative estimate of drug-likeness (QED) is 0.590. The Balaban J connectivity index is 2.10. The van der Waals surface area contributed by atoms with E-state index in [1.807, 2.05) is 13.8 Å². The lowest BCUT2D eigenvalue weighted by atomic mass is 9.80. The van der Waals surface area contributed by atoms with Gasteiger partial charge in [0, 0.05) is 36.3 Å². The summed E-state index contributed by atoms with van der Waals surface area (Å²) in [7, 11) is 0. The number of aromatic carboxylic acids is 1. The summed E-state index contributed by atoms with van der Waals surface area (Å²) >= 11 is 0. The van der Waals surface area contributed by atoms with Crippen LogP contribution < -0.4 is 10.3 Å². The Morgan fingerprint density at radius 3 is 2.47 bits per heavy atom. The first-order chi connectivity index (χ1) is 16.0. The Morgan fingerprint density at radius 2 is 1.88 bits per heavy atom. The first kappa shape index (κ1) is 23.8. The van der Waals surface area contributed by atoms with Crippen molar-refractivity contribution < 1.29 is 28.2 Å². The second kappa shape index (κ2) is 8.47. The van der Waals surface area contributed by atoms with Crippen LogP contribution in [0.25, 0.3) is 16.6 Å². The van der Waals surface area contributed by atoms with Gasteiger partial charge in [-0.3, -0.25) is 4.79 Å². The molecule has 2 aromatic carbocycles. The van der Waals surface area contributed by atoms with Crippen LogP contribution in [0.15, 0.2) is 35.3 Å². The molecule has 2 N–H and O–H groups in total. The molecule has 1 aromatic heterocycles. The average molecular weight is 474 g/mol. The molecule has 0 radical (unpaired) electrons. The van der Waals surface area contributed by atoms with Crippen LogP contribution in [0.4, 0.5) is 18.9 Å². The number of benzene rings is 2. The number of carboxylic acid groups (broad SMARTS) is 1. The predicted molar refractivity (Wildman–Crippen MR) is 122 cm³/mol. The van der Waals surface area contributed by atoms with E-state index in [0.717, 1.165) is 24.4 Å². The van der Waals surface area contributed by atoms with Crippen LogP contribution >= 0.6 is 0 Å². The van der Waals surface area contributed by atoms with Gasteiger partial charge < -0.3 is 19.7 Å². The number of pyridine rings is 1. The van der Waals surface area contributed by atoms with Crippen LogP contribution in [0, 0.1) is 22.9 Å². The van der Waals surface area contributed by atoms with Crippen LogP contribution in [0.5, 0.6) is 0 Å². The third kappa shape index (κ3) is 3.83. The number of aromatic nitrogens is 1. The molecule has 1 unspecified atom stereocenters. The van der Waals surface area contributed by atoms with Crippen molar-refractivity contribution in [2.45, 2.75) is 39.7 Å². The topological polar surface area (TPSA) is 82.8 Å². The average Bonchev–Trinajstić information content (AvgIpc) is 2.75. The Bertz CT molecular complexity index is 1370. The third-order valence-electron chi connectivity index (χ3n) is 6.55. The minimum Gasteiger partial charge on any atom is -0.477 e. The van der Waals surface area contributed by atoms with Crippen molar-refractivity contribution in [2.24, 2.45) is 5.41 Å². The zero-order valence-corrected chi connectivity index (χ0v) is 19.0. The zero-order chi connectivity index (χ0) is 24.9. The Kier molecular flexibility index (Phi) is 5.93. The van der Waals surface area contributed by atoms with E-state index in [4.69, 9.17) is 0 Å². The highest BCUT2D eigenvalue weighted by molar-refractivity contribution is 5.96. The summed E-state index contributed by atoms with van der Waals surface area (Å²) in [4.78, 5) is 26.5. The summed E-state index contributed by atoms with van der Waals surface area (Å²) in [6, 6.07) is 3.80. The number of aryl methyl sites for hydroxylation is 1. The molecule has 0 saturated carbocycles.